The Bertz CT molecular complexity index is 646. The normalized spacial score (nSPS) is 17.5. The summed E-state index contributed by atoms with van der Waals surface area (Å²) in [5.74, 6) is 0.898. The molecule has 0 spiro atoms. The molecule has 15 heavy (non-hydrogen) atoms. The number of hydrogen-bond acceptors (Lipinski definition) is 2. The number of rotatable bonds is 0. The van der Waals surface area contributed by atoms with Crippen LogP contribution in [0.5, 0.6) is 0 Å². The summed E-state index contributed by atoms with van der Waals surface area (Å²) in [6, 6.07) is 6.31. The van der Waals surface area contributed by atoms with E-state index < -0.39 is 0 Å². The zero-order chi connectivity index (χ0) is 10.6. The SMILES string of the molecule is CC1=C(C)C2=c3cccc(C)c3=NC2=N1. The van der Waals surface area contributed by atoms with Crippen molar-refractivity contribution in [3.8, 4) is 0 Å². The Hall–Kier alpha value is -1.70. The van der Waals surface area contributed by atoms with E-state index in [0.29, 0.717) is 0 Å². The number of amidine groups is 1. The van der Waals surface area contributed by atoms with Crippen molar-refractivity contribution < 1.29 is 0 Å². The number of para-hydroxylation sites is 1. The Labute approximate surface area is 88.4 Å². The van der Waals surface area contributed by atoms with Crippen LogP contribution < -0.4 is 10.6 Å². The number of aliphatic imine (C=N–C) groups is 1. The molecule has 2 aliphatic heterocycles. The van der Waals surface area contributed by atoms with E-state index in [1.165, 1.54) is 21.9 Å². The van der Waals surface area contributed by atoms with Crippen molar-refractivity contribution >= 4 is 11.4 Å². The van der Waals surface area contributed by atoms with Crippen LogP contribution >= 0.6 is 0 Å². The molecule has 74 valence electrons. The van der Waals surface area contributed by atoms with Gasteiger partial charge in [-0.3, -0.25) is 0 Å². The molecule has 2 aliphatic rings. The topological polar surface area (TPSA) is 24.7 Å². The highest BCUT2D eigenvalue weighted by atomic mass is 15.0. The van der Waals surface area contributed by atoms with Crippen LogP contribution in [-0.4, -0.2) is 5.84 Å². The zero-order valence-corrected chi connectivity index (χ0v) is 9.13. The smallest absolute Gasteiger partial charge is 0.161 e. The minimum atomic E-state index is 0.898. The van der Waals surface area contributed by atoms with Crippen LogP contribution in [-0.2, 0) is 0 Å². The highest BCUT2D eigenvalue weighted by Gasteiger charge is 2.22. The van der Waals surface area contributed by atoms with Crippen LogP contribution in [0, 0.1) is 6.92 Å². The van der Waals surface area contributed by atoms with Crippen molar-refractivity contribution in [3.05, 3.63) is 45.6 Å². The molecule has 0 N–H and O–H groups in total. The van der Waals surface area contributed by atoms with Gasteiger partial charge >= 0.3 is 0 Å². The third kappa shape index (κ3) is 0.990. The standard InChI is InChI=1S/C13H12N2/c1-7-5-4-6-10-11-8(2)9(3)14-13(11)15-12(7)10/h4-6H,1-3H3. The van der Waals surface area contributed by atoms with Crippen molar-refractivity contribution in [2.45, 2.75) is 20.8 Å². The molecule has 0 unspecified atom stereocenters. The second-order valence-electron chi connectivity index (χ2n) is 4.10. The second-order valence-corrected chi connectivity index (χ2v) is 4.10. The number of nitrogens with zero attached hydrogens (tertiary/aromatic N) is 2. The molecule has 3 rings (SSSR count). The molecule has 1 aromatic carbocycles. The predicted octanol–water partition coefficient (Wildman–Crippen LogP) is 1.48. The Kier molecular flexibility index (Phi) is 1.52. The van der Waals surface area contributed by atoms with Crippen LogP contribution in [0.2, 0.25) is 0 Å². The summed E-state index contributed by atoms with van der Waals surface area (Å²) in [6.07, 6.45) is 0. The maximum absolute atomic E-state index is 4.59. The lowest BCUT2D eigenvalue weighted by Crippen LogP contribution is -2.25. The number of fused-ring (bicyclic) bond motifs is 2. The Morgan fingerprint density at radius 1 is 1.00 bits per heavy atom. The van der Waals surface area contributed by atoms with Crippen LogP contribution in [0.4, 0.5) is 0 Å². The molecule has 0 saturated heterocycles. The summed E-state index contributed by atoms with van der Waals surface area (Å²) in [6.45, 7) is 6.25. The Morgan fingerprint density at radius 2 is 1.80 bits per heavy atom. The van der Waals surface area contributed by atoms with Gasteiger partial charge in [-0.25, -0.2) is 9.98 Å². The van der Waals surface area contributed by atoms with E-state index in [2.05, 4.69) is 42.0 Å². The lowest BCUT2D eigenvalue weighted by molar-refractivity contribution is 1.24. The number of aryl methyl sites for hydroxylation is 1. The van der Waals surface area contributed by atoms with Gasteiger partial charge in [0.2, 0.25) is 0 Å². The average molecular weight is 196 g/mol. The maximum atomic E-state index is 4.59. The number of allylic oxidation sites excluding steroid dienone is 1. The first-order valence-corrected chi connectivity index (χ1v) is 5.14. The third-order valence-electron chi connectivity index (χ3n) is 3.14. The second kappa shape index (κ2) is 2.66. The van der Waals surface area contributed by atoms with E-state index in [9.17, 15) is 0 Å². The van der Waals surface area contributed by atoms with Gasteiger partial charge < -0.3 is 0 Å². The first-order chi connectivity index (χ1) is 7.18. The molecule has 0 amide bonds. The van der Waals surface area contributed by atoms with Crippen molar-refractivity contribution in [3.63, 3.8) is 0 Å². The molecule has 1 aromatic rings. The summed E-state index contributed by atoms with van der Waals surface area (Å²) in [5, 5.41) is 2.33. The van der Waals surface area contributed by atoms with E-state index in [-0.39, 0.29) is 0 Å². The van der Waals surface area contributed by atoms with E-state index in [1.807, 2.05) is 6.92 Å². The van der Waals surface area contributed by atoms with E-state index in [1.54, 1.807) is 0 Å². The monoisotopic (exact) mass is 196 g/mol. The first-order valence-electron chi connectivity index (χ1n) is 5.14. The predicted molar refractivity (Wildman–Crippen MR) is 61.2 cm³/mol. The van der Waals surface area contributed by atoms with Gasteiger partial charge in [0.25, 0.3) is 0 Å². The van der Waals surface area contributed by atoms with Crippen LogP contribution in [0.3, 0.4) is 0 Å². The van der Waals surface area contributed by atoms with Crippen molar-refractivity contribution in [1.29, 1.82) is 0 Å². The summed E-state index contributed by atoms with van der Waals surface area (Å²) in [7, 11) is 0. The van der Waals surface area contributed by atoms with E-state index in [0.717, 1.165) is 16.9 Å². The van der Waals surface area contributed by atoms with Crippen molar-refractivity contribution in [2.24, 2.45) is 9.98 Å². The van der Waals surface area contributed by atoms with Gasteiger partial charge in [0, 0.05) is 16.5 Å². The van der Waals surface area contributed by atoms with Gasteiger partial charge in [0.1, 0.15) is 0 Å². The summed E-state index contributed by atoms with van der Waals surface area (Å²) in [4.78, 5) is 9.07. The van der Waals surface area contributed by atoms with Crippen molar-refractivity contribution in [2.75, 3.05) is 0 Å². The van der Waals surface area contributed by atoms with Crippen LogP contribution in [0.25, 0.3) is 5.57 Å². The van der Waals surface area contributed by atoms with Gasteiger partial charge in [-0.15, -0.1) is 0 Å². The van der Waals surface area contributed by atoms with Crippen LogP contribution in [0.15, 0.2) is 39.5 Å². The molecule has 0 bridgehead atoms. The molecule has 0 aliphatic carbocycles. The van der Waals surface area contributed by atoms with Crippen molar-refractivity contribution in [1.82, 2.24) is 0 Å². The largest absolute Gasteiger partial charge is 0.233 e. The zero-order valence-electron chi connectivity index (χ0n) is 9.13. The van der Waals surface area contributed by atoms with Gasteiger partial charge in [-0.1, -0.05) is 18.2 Å². The fraction of sp³-hybridized carbons (Fsp3) is 0.231. The Morgan fingerprint density at radius 3 is 2.60 bits per heavy atom. The molecular formula is C13H12N2. The van der Waals surface area contributed by atoms with Gasteiger partial charge in [-0.2, -0.15) is 0 Å². The molecule has 2 heteroatoms. The van der Waals surface area contributed by atoms with E-state index >= 15 is 0 Å². The third-order valence-corrected chi connectivity index (χ3v) is 3.14. The van der Waals surface area contributed by atoms with Crippen LogP contribution in [0.1, 0.15) is 19.4 Å². The molecule has 0 fully saturated rings. The summed E-state index contributed by atoms with van der Waals surface area (Å²) >= 11 is 0. The highest BCUT2D eigenvalue weighted by molar-refractivity contribution is 6.26. The molecule has 2 nitrogen and oxygen atoms in total. The molecular weight excluding hydrogens is 184 g/mol. The van der Waals surface area contributed by atoms with Gasteiger partial charge in [0.15, 0.2) is 5.84 Å². The molecule has 0 radical (unpaired) electrons. The highest BCUT2D eigenvalue weighted by Crippen LogP contribution is 2.26. The Balaban J connectivity index is 2.52. The molecule has 0 atom stereocenters. The fourth-order valence-corrected chi connectivity index (χ4v) is 2.17. The quantitative estimate of drug-likeness (QED) is 0.600. The number of benzene rings is 1. The maximum Gasteiger partial charge on any atom is 0.161 e. The summed E-state index contributed by atoms with van der Waals surface area (Å²) in [5.41, 5.74) is 4.81. The molecule has 0 aromatic heterocycles. The average Bonchev–Trinajstić information content (AvgIpc) is 2.68. The van der Waals surface area contributed by atoms with E-state index in [4.69, 9.17) is 0 Å². The fourth-order valence-electron chi connectivity index (χ4n) is 2.17. The van der Waals surface area contributed by atoms with Gasteiger partial charge in [-0.05, 0) is 31.9 Å². The summed E-state index contributed by atoms with van der Waals surface area (Å²) < 4.78 is 0. The minimum Gasteiger partial charge on any atom is -0.233 e. The lowest BCUT2D eigenvalue weighted by Gasteiger charge is -1.95. The lowest BCUT2D eigenvalue weighted by atomic mass is 10.0. The minimum absolute atomic E-state index is 0.898. The van der Waals surface area contributed by atoms with Gasteiger partial charge in [0.05, 0.1) is 5.36 Å². The number of hydrogen-bond donors (Lipinski definition) is 0. The molecule has 2 heterocycles. The first kappa shape index (κ1) is 8.60. The molecule has 0 saturated carbocycles.